The molecule has 0 aliphatic carbocycles. The molecule has 0 unspecified atom stereocenters. The van der Waals surface area contributed by atoms with Crippen LogP contribution in [-0.4, -0.2) is 38.0 Å². The van der Waals surface area contributed by atoms with E-state index in [2.05, 4.69) is 132 Å². The van der Waals surface area contributed by atoms with Gasteiger partial charge in [0.2, 0.25) is 0 Å². The fourth-order valence-corrected chi connectivity index (χ4v) is 1.89. The van der Waals surface area contributed by atoms with Gasteiger partial charge in [0, 0.05) is 12.1 Å². The Morgan fingerprint density at radius 3 is 1.19 bits per heavy atom. The van der Waals surface area contributed by atoms with Gasteiger partial charge in [0.1, 0.15) is 0 Å². The molecule has 2 rings (SSSR count). The summed E-state index contributed by atoms with van der Waals surface area (Å²) in [6.07, 6.45) is 0. The first-order chi connectivity index (χ1) is 12.4. The van der Waals surface area contributed by atoms with Crippen LogP contribution in [0.2, 0.25) is 0 Å². The summed E-state index contributed by atoms with van der Waals surface area (Å²) >= 11 is 4.44. The van der Waals surface area contributed by atoms with Crippen LogP contribution in [0.25, 0.3) is 0 Å². The Kier molecular flexibility index (Phi) is 20.4. The van der Waals surface area contributed by atoms with E-state index in [1.54, 1.807) is 0 Å². The number of halogens is 2. The van der Waals surface area contributed by atoms with Crippen molar-refractivity contribution in [2.24, 2.45) is 0 Å². The summed E-state index contributed by atoms with van der Waals surface area (Å²) in [5, 5.41) is 0. The van der Waals surface area contributed by atoms with Crippen LogP contribution in [0.15, 0.2) is 48.5 Å². The summed E-state index contributed by atoms with van der Waals surface area (Å²) in [6.45, 7) is 4.34. The minimum atomic E-state index is 0.455. The number of benzene rings is 2. The SMILES string of the molecule is C[C@@H](c1[c-]cccc1)N(C)C.C[C@@H](c1[c-]cccc1)N(C)C.[Cl][Pd+].[Cl][Pd+]. The van der Waals surface area contributed by atoms with Gasteiger partial charge in [-0.1, -0.05) is 0 Å². The molecule has 0 saturated carbocycles. The van der Waals surface area contributed by atoms with E-state index in [0.717, 1.165) is 0 Å². The van der Waals surface area contributed by atoms with Crippen molar-refractivity contribution in [1.29, 1.82) is 0 Å². The van der Waals surface area contributed by atoms with Crippen molar-refractivity contribution in [3.8, 4) is 0 Å². The average molecular weight is 580 g/mol. The molecule has 152 valence electrons. The summed E-state index contributed by atoms with van der Waals surface area (Å²) in [6, 6.07) is 23.5. The molecule has 0 bridgehead atoms. The molecular weight excluding hydrogens is 552 g/mol. The monoisotopic (exact) mass is 578 g/mol. The zero-order chi connectivity index (χ0) is 20.5. The number of hydrogen-bond acceptors (Lipinski definition) is 2. The molecule has 0 radical (unpaired) electrons. The Labute approximate surface area is 190 Å². The first-order valence-corrected chi connectivity index (χ1v) is 11.9. The van der Waals surface area contributed by atoms with Crippen LogP contribution in [-0.2, 0) is 36.4 Å². The Morgan fingerprint density at radius 2 is 1.00 bits per heavy atom. The molecule has 0 spiro atoms. The quantitative estimate of drug-likeness (QED) is 0.344. The number of hydrogen-bond donors (Lipinski definition) is 0. The molecule has 2 nitrogen and oxygen atoms in total. The van der Waals surface area contributed by atoms with Crippen molar-refractivity contribution < 1.29 is 36.4 Å². The molecule has 0 fully saturated rings. The molecule has 2 atom stereocenters. The van der Waals surface area contributed by atoms with Crippen molar-refractivity contribution in [3.05, 3.63) is 71.8 Å². The summed E-state index contributed by atoms with van der Waals surface area (Å²) < 4.78 is 0. The van der Waals surface area contributed by atoms with Gasteiger partial charge in [-0.05, 0) is 42.0 Å². The minimum absolute atomic E-state index is 0.455. The van der Waals surface area contributed by atoms with Crippen molar-refractivity contribution in [1.82, 2.24) is 9.80 Å². The molecule has 0 amide bonds. The Bertz CT molecular complexity index is 476. The van der Waals surface area contributed by atoms with E-state index in [4.69, 9.17) is 0 Å². The van der Waals surface area contributed by atoms with Crippen molar-refractivity contribution in [3.63, 3.8) is 0 Å². The molecule has 2 aromatic rings. The summed E-state index contributed by atoms with van der Waals surface area (Å²) in [7, 11) is 17.3. The fourth-order valence-electron chi connectivity index (χ4n) is 1.89. The summed E-state index contributed by atoms with van der Waals surface area (Å²) in [5.74, 6) is 0. The third kappa shape index (κ3) is 12.6. The number of rotatable bonds is 4. The molecular formula is C20H28Cl2N2Pd2. The van der Waals surface area contributed by atoms with E-state index in [1.807, 2.05) is 36.4 Å². The van der Waals surface area contributed by atoms with Crippen LogP contribution in [0.1, 0.15) is 37.1 Å². The summed E-state index contributed by atoms with van der Waals surface area (Å²) in [5.41, 5.74) is 2.50. The van der Waals surface area contributed by atoms with Crippen LogP contribution < -0.4 is 0 Å². The predicted molar refractivity (Wildman–Crippen MR) is 106 cm³/mol. The van der Waals surface area contributed by atoms with Gasteiger partial charge in [0.25, 0.3) is 0 Å². The van der Waals surface area contributed by atoms with Crippen LogP contribution in [0, 0.1) is 12.1 Å². The Balaban J connectivity index is 0. The molecule has 0 heterocycles. The van der Waals surface area contributed by atoms with Gasteiger partial charge in [-0.15, -0.1) is 11.1 Å². The zero-order valence-electron chi connectivity index (χ0n) is 16.1. The van der Waals surface area contributed by atoms with E-state index in [0.29, 0.717) is 12.1 Å². The van der Waals surface area contributed by atoms with Gasteiger partial charge in [0.15, 0.2) is 0 Å². The molecule has 2 aromatic carbocycles. The van der Waals surface area contributed by atoms with E-state index in [-0.39, 0.29) is 0 Å². The average Bonchev–Trinajstić information content (AvgIpc) is 2.71. The van der Waals surface area contributed by atoms with Gasteiger partial charge in [-0.2, -0.15) is 60.7 Å². The van der Waals surface area contributed by atoms with Crippen molar-refractivity contribution in [2.75, 3.05) is 28.2 Å². The van der Waals surface area contributed by atoms with Crippen LogP contribution >= 0.6 is 19.1 Å². The molecule has 6 heteroatoms. The molecule has 0 aliphatic rings. The van der Waals surface area contributed by atoms with Gasteiger partial charge < -0.3 is 9.80 Å². The van der Waals surface area contributed by atoms with E-state index in [9.17, 15) is 0 Å². The maximum absolute atomic E-state index is 4.49. The Morgan fingerprint density at radius 1 is 0.692 bits per heavy atom. The Hall–Kier alpha value is 0.265. The summed E-state index contributed by atoms with van der Waals surface area (Å²) in [4.78, 5) is 4.34. The van der Waals surface area contributed by atoms with Gasteiger partial charge in [-0.3, -0.25) is 0 Å². The molecule has 26 heavy (non-hydrogen) atoms. The second-order valence-corrected chi connectivity index (χ2v) is 5.91. The molecule has 0 saturated heterocycles. The first kappa shape index (κ1) is 28.5. The number of nitrogens with zero attached hydrogens (tertiary/aromatic N) is 2. The van der Waals surface area contributed by atoms with Gasteiger partial charge in [-0.25, -0.2) is 0 Å². The molecule has 0 aliphatic heterocycles. The zero-order valence-corrected chi connectivity index (χ0v) is 20.7. The van der Waals surface area contributed by atoms with Crippen LogP contribution in [0.5, 0.6) is 0 Å². The normalized spacial score (nSPS) is 11.9. The standard InChI is InChI=1S/2C10H14N.2ClH.2Pd/c2*1-9(11(2)3)10-7-5-4-6-8-10;;;;/h2*4-7,9H,1-3H3;2*1H;;/q2*-1;;;2*+2/p-2/t2*9-;;;;/m00..../s1. The third-order valence-corrected chi connectivity index (χ3v) is 3.92. The topological polar surface area (TPSA) is 6.48 Å². The first-order valence-electron chi connectivity index (χ1n) is 7.93. The van der Waals surface area contributed by atoms with Gasteiger partial charge >= 0.3 is 55.4 Å². The van der Waals surface area contributed by atoms with Gasteiger partial charge in [0.05, 0.1) is 0 Å². The third-order valence-electron chi connectivity index (χ3n) is 3.92. The van der Waals surface area contributed by atoms with Crippen LogP contribution in [0.4, 0.5) is 0 Å². The second-order valence-electron chi connectivity index (χ2n) is 5.91. The molecule has 0 aromatic heterocycles. The van der Waals surface area contributed by atoms with Crippen molar-refractivity contribution in [2.45, 2.75) is 25.9 Å². The van der Waals surface area contributed by atoms with E-state index < -0.39 is 0 Å². The predicted octanol–water partition coefficient (Wildman–Crippen LogP) is 5.59. The van der Waals surface area contributed by atoms with Crippen molar-refractivity contribution >= 4 is 19.1 Å². The molecule has 0 N–H and O–H groups in total. The van der Waals surface area contributed by atoms with Crippen LogP contribution in [0.3, 0.4) is 0 Å². The van der Waals surface area contributed by atoms with E-state index in [1.165, 1.54) is 11.1 Å². The second kappa shape index (κ2) is 18.6. The maximum atomic E-state index is 4.49. The van der Waals surface area contributed by atoms with E-state index >= 15 is 0 Å². The fraction of sp³-hybridized carbons (Fsp3) is 0.400.